The fourth-order valence-corrected chi connectivity index (χ4v) is 9.73. The molecule has 14 nitrogen and oxygen atoms in total. The van der Waals surface area contributed by atoms with Gasteiger partial charge in [-0.3, -0.25) is 44.1 Å². The molecule has 1 unspecified atom stereocenters. The number of amides is 5. The normalized spacial score (nSPS) is 22.4. The molecule has 4 aliphatic heterocycles. The molecule has 15 heteroatoms. The van der Waals surface area contributed by atoms with Crippen LogP contribution in [0.4, 0.5) is 15.8 Å². The number of fused-ring (bicyclic) bond motifs is 2. The third-order valence-corrected chi connectivity index (χ3v) is 13.3. The highest BCUT2D eigenvalue weighted by Gasteiger charge is 2.45. The van der Waals surface area contributed by atoms with E-state index in [0.29, 0.717) is 39.6 Å². The predicted octanol–water partition coefficient (Wildman–Crippen LogP) is 5.20. The van der Waals surface area contributed by atoms with Crippen molar-refractivity contribution in [3.05, 3.63) is 94.9 Å². The van der Waals surface area contributed by atoms with Gasteiger partial charge in [0.15, 0.2) is 0 Å². The number of anilines is 2. The Morgan fingerprint density at radius 1 is 0.855 bits per heavy atom. The standard InChI is InChI=1S/C47H49FN8O6/c48-38-26-30(44(58)51-32-5-8-34(9-6-32)62-41-13-4-31(28-49)43-36(41)2-1-18-50-43)3-11-39(38)55-20-16-29(17-21-55)15-19-53-22-24-54(25-23-53)33-7-10-35-37(27-33)47(61)56(46(35)60)40-12-14-42(57)52-45(40)59/h1-4,7,10-11,13,18,26-27,29,32,34,40H,5-6,8-9,12,14-17,19-25H2,(H,51,58)(H,52,57,59)/t32-,34-,40?. The number of nitrogens with one attached hydrogen (secondary N) is 2. The van der Waals surface area contributed by atoms with Crippen molar-refractivity contribution >= 4 is 51.8 Å². The Morgan fingerprint density at radius 3 is 2.37 bits per heavy atom. The Labute approximate surface area is 359 Å². The number of halogens is 1. The second-order valence-electron chi connectivity index (χ2n) is 17.1. The molecule has 1 atom stereocenters. The Hall–Kier alpha value is -6.40. The average Bonchev–Trinajstić information content (AvgIpc) is 3.54. The van der Waals surface area contributed by atoms with Crippen molar-refractivity contribution in [2.75, 3.05) is 55.6 Å². The third-order valence-electron chi connectivity index (χ3n) is 13.3. The summed E-state index contributed by atoms with van der Waals surface area (Å²) in [4.78, 5) is 75.8. The highest BCUT2D eigenvalue weighted by atomic mass is 19.1. The van der Waals surface area contributed by atoms with Crippen molar-refractivity contribution in [2.45, 2.75) is 76.0 Å². The minimum atomic E-state index is -0.985. The van der Waals surface area contributed by atoms with E-state index in [4.69, 9.17) is 4.74 Å². The monoisotopic (exact) mass is 840 g/mol. The van der Waals surface area contributed by atoms with E-state index >= 15 is 4.39 Å². The van der Waals surface area contributed by atoms with E-state index in [-0.39, 0.29) is 42.3 Å². The molecule has 3 saturated heterocycles. The summed E-state index contributed by atoms with van der Waals surface area (Å²) < 4.78 is 21.9. The van der Waals surface area contributed by atoms with Crippen LogP contribution in [0.2, 0.25) is 0 Å². The zero-order chi connectivity index (χ0) is 42.9. The Kier molecular flexibility index (Phi) is 11.6. The Bertz CT molecular complexity index is 2470. The van der Waals surface area contributed by atoms with Gasteiger partial charge in [0, 0.05) is 74.6 Å². The highest BCUT2D eigenvalue weighted by molar-refractivity contribution is 6.23. The topological polar surface area (TPSA) is 168 Å². The maximum Gasteiger partial charge on any atom is 0.262 e. The fourth-order valence-electron chi connectivity index (χ4n) is 9.73. The zero-order valence-electron chi connectivity index (χ0n) is 34.5. The molecule has 0 bridgehead atoms. The van der Waals surface area contributed by atoms with Crippen molar-refractivity contribution in [2.24, 2.45) is 5.92 Å². The van der Waals surface area contributed by atoms with Gasteiger partial charge in [-0.1, -0.05) is 0 Å². The number of aromatic nitrogens is 1. The lowest BCUT2D eigenvalue weighted by molar-refractivity contribution is -0.136. The fraction of sp³-hybridized carbons (Fsp3) is 0.426. The van der Waals surface area contributed by atoms with Crippen LogP contribution >= 0.6 is 0 Å². The number of nitrogens with zero attached hydrogens (tertiary/aromatic N) is 6. The van der Waals surface area contributed by atoms with Crippen LogP contribution in [0, 0.1) is 23.1 Å². The Morgan fingerprint density at radius 2 is 1.63 bits per heavy atom. The second-order valence-corrected chi connectivity index (χ2v) is 17.1. The maximum absolute atomic E-state index is 15.5. The summed E-state index contributed by atoms with van der Waals surface area (Å²) in [6.07, 6.45) is 7.83. The van der Waals surface area contributed by atoms with Gasteiger partial charge in [0.1, 0.15) is 23.7 Å². The first-order valence-electron chi connectivity index (χ1n) is 21.8. The molecule has 0 spiro atoms. The van der Waals surface area contributed by atoms with Crippen molar-refractivity contribution in [3.63, 3.8) is 0 Å². The number of hydrogen-bond donors (Lipinski definition) is 2. The van der Waals surface area contributed by atoms with Crippen LogP contribution in [-0.2, 0) is 9.59 Å². The number of imide groups is 2. The SMILES string of the molecule is N#Cc1ccc(O[C@H]2CC[C@H](NC(=O)c3ccc(N4CCC(CCN5CCN(c6ccc7c(c6)C(=O)N(C6CCC(=O)NC6=O)C7=O)CC5)CC4)c(F)c3)CC2)c2cccnc12. The number of piperidine rings is 2. The number of carbonyl (C=O) groups excluding carboxylic acids is 5. The van der Waals surface area contributed by atoms with E-state index in [2.05, 4.69) is 36.4 Å². The number of carbonyl (C=O) groups is 5. The van der Waals surface area contributed by atoms with E-state index in [0.717, 1.165) is 107 Å². The molecule has 4 fully saturated rings. The third kappa shape index (κ3) is 8.31. The minimum Gasteiger partial charge on any atom is -0.490 e. The summed E-state index contributed by atoms with van der Waals surface area (Å²) in [5.41, 5.74) is 3.40. The molecule has 5 aliphatic rings. The molecular formula is C47H49FN8O6. The largest absolute Gasteiger partial charge is 0.490 e. The zero-order valence-corrected chi connectivity index (χ0v) is 34.5. The molecule has 4 aromatic rings. The second kappa shape index (κ2) is 17.5. The summed E-state index contributed by atoms with van der Waals surface area (Å²) in [6.45, 7) is 5.75. The van der Waals surface area contributed by atoms with Crippen LogP contribution in [0.5, 0.6) is 5.75 Å². The summed E-state index contributed by atoms with van der Waals surface area (Å²) in [6, 6.07) is 18.5. The van der Waals surface area contributed by atoms with Gasteiger partial charge in [-0.05, 0) is 124 Å². The molecule has 0 radical (unpaired) electrons. The average molecular weight is 841 g/mol. The van der Waals surface area contributed by atoms with Crippen LogP contribution in [0.15, 0.2) is 66.9 Å². The van der Waals surface area contributed by atoms with Crippen molar-refractivity contribution in [3.8, 4) is 11.8 Å². The Balaban J connectivity index is 0.697. The van der Waals surface area contributed by atoms with Gasteiger partial charge >= 0.3 is 0 Å². The molecule has 5 amide bonds. The summed E-state index contributed by atoms with van der Waals surface area (Å²) in [7, 11) is 0. The molecule has 62 heavy (non-hydrogen) atoms. The van der Waals surface area contributed by atoms with Gasteiger partial charge in [0.05, 0.1) is 34.0 Å². The van der Waals surface area contributed by atoms with E-state index in [1.807, 2.05) is 24.3 Å². The van der Waals surface area contributed by atoms with Gasteiger partial charge in [0.25, 0.3) is 17.7 Å². The molecule has 320 valence electrons. The van der Waals surface area contributed by atoms with Crippen LogP contribution in [0.25, 0.3) is 10.9 Å². The number of piperazine rings is 1. The smallest absolute Gasteiger partial charge is 0.262 e. The van der Waals surface area contributed by atoms with Gasteiger partial charge in [0.2, 0.25) is 11.8 Å². The van der Waals surface area contributed by atoms with Gasteiger partial charge < -0.3 is 19.9 Å². The number of pyridine rings is 1. The highest BCUT2D eigenvalue weighted by Crippen LogP contribution is 2.34. The quantitative estimate of drug-likeness (QED) is 0.202. The first kappa shape index (κ1) is 41.0. The lowest BCUT2D eigenvalue weighted by Crippen LogP contribution is -2.54. The maximum atomic E-state index is 15.5. The summed E-state index contributed by atoms with van der Waals surface area (Å²) >= 11 is 0. The predicted molar refractivity (Wildman–Crippen MR) is 228 cm³/mol. The van der Waals surface area contributed by atoms with Gasteiger partial charge in [-0.25, -0.2) is 4.39 Å². The van der Waals surface area contributed by atoms with E-state index < -0.39 is 29.7 Å². The number of ether oxygens (including phenoxy) is 1. The lowest BCUT2D eigenvalue weighted by Gasteiger charge is -2.38. The number of benzene rings is 3. The summed E-state index contributed by atoms with van der Waals surface area (Å²) in [5, 5.41) is 15.6. The van der Waals surface area contributed by atoms with Crippen LogP contribution in [0.3, 0.4) is 0 Å². The molecule has 2 N–H and O–H groups in total. The van der Waals surface area contributed by atoms with E-state index in [9.17, 15) is 29.2 Å². The molecule has 5 heterocycles. The lowest BCUT2D eigenvalue weighted by atomic mass is 9.92. The van der Waals surface area contributed by atoms with Gasteiger partial charge in [-0.15, -0.1) is 0 Å². The van der Waals surface area contributed by atoms with Crippen LogP contribution < -0.4 is 25.2 Å². The van der Waals surface area contributed by atoms with Crippen molar-refractivity contribution < 1.29 is 33.1 Å². The van der Waals surface area contributed by atoms with E-state index in [1.54, 1.807) is 36.5 Å². The van der Waals surface area contributed by atoms with Gasteiger partial charge in [-0.2, -0.15) is 5.26 Å². The van der Waals surface area contributed by atoms with Crippen LogP contribution in [0.1, 0.15) is 94.4 Å². The first-order valence-corrected chi connectivity index (χ1v) is 21.8. The van der Waals surface area contributed by atoms with E-state index in [1.165, 1.54) is 6.07 Å². The van der Waals surface area contributed by atoms with Crippen molar-refractivity contribution in [1.29, 1.82) is 5.26 Å². The number of hydrogen-bond acceptors (Lipinski definition) is 11. The number of rotatable bonds is 10. The molecule has 3 aromatic carbocycles. The van der Waals surface area contributed by atoms with Crippen LogP contribution in [-0.4, -0.2) is 108 Å². The molecule has 1 aliphatic carbocycles. The van der Waals surface area contributed by atoms with Crippen molar-refractivity contribution in [1.82, 2.24) is 25.4 Å². The number of nitriles is 1. The summed E-state index contributed by atoms with van der Waals surface area (Å²) in [5.74, 6) is -1.45. The molecule has 1 saturated carbocycles. The molecule has 1 aromatic heterocycles. The molecular weight excluding hydrogens is 792 g/mol. The first-order chi connectivity index (χ1) is 30.1. The molecule has 9 rings (SSSR count). The minimum absolute atomic E-state index is 0.0199.